The van der Waals surface area contributed by atoms with E-state index in [0.29, 0.717) is 33.7 Å². The normalized spacial score (nSPS) is 15.1. The first-order valence-electron chi connectivity index (χ1n) is 10.5. The van der Waals surface area contributed by atoms with Gasteiger partial charge in [-0.3, -0.25) is 14.9 Å². The number of carbonyl (C=O) groups excluding carboxylic acids is 3. The molecule has 7 nitrogen and oxygen atoms in total. The number of ether oxygens (including phenoxy) is 1. The second-order valence-corrected chi connectivity index (χ2v) is 8.46. The number of carbonyl (C=O) groups is 3. The third kappa shape index (κ3) is 4.20. The second-order valence-electron chi connectivity index (χ2n) is 7.62. The molecule has 34 heavy (non-hydrogen) atoms. The van der Waals surface area contributed by atoms with Crippen molar-refractivity contribution in [3.8, 4) is 11.4 Å². The van der Waals surface area contributed by atoms with Crippen molar-refractivity contribution in [2.75, 3.05) is 11.5 Å². The average Bonchev–Trinajstić information content (AvgIpc) is 3.05. The number of para-hydroxylation sites is 2. The molecule has 9 heteroatoms. The van der Waals surface area contributed by atoms with Crippen LogP contribution < -0.4 is 15.0 Å². The Morgan fingerprint density at radius 3 is 2.44 bits per heavy atom. The Hall–Kier alpha value is -3.55. The van der Waals surface area contributed by atoms with Crippen LogP contribution >= 0.6 is 23.2 Å². The van der Waals surface area contributed by atoms with Crippen LogP contribution in [0.4, 0.5) is 10.5 Å². The Balaban J connectivity index is 1.78. The predicted molar refractivity (Wildman–Crippen MR) is 132 cm³/mol. The summed E-state index contributed by atoms with van der Waals surface area (Å²) in [6.45, 7) is 5.88. The number of imide groups is 2. The molecule has 1 saturated heterocycles. The number of nitrogens with one attached hydrogen (secondary N) is 1. The first kappa shape index (κ1) is 23.6. The Kier molecular flexibility index (Phi) is 6.50. The highest BCUT2D eigenvalue weighted by Crippen LogP contribution is 2.33. The molecule has 4 rings (SSSR count). The van der Waals surface area contributed by atoms with Gasteiger partial charge in [-0.05, 0) is 68.8 Å². The number of halogens is 2. The second kappa shape index (κ2) is 9.37. The summed E-state index contributed by atoms with van der Waals surface area (Å²) in [5, 5.41) is 3.22. The van der Waals surface area contributed by atoms with E-state index < -0.39 is 17.8 Å². The highest BCUT2D eigenvalue weighted by Gasteiger charge is 2.38. The van der Waals surface area contributed by atoms with Gasteiger partial charge in [-0.1, -0.05) is 35.3 Å². The van der Waals surface area contributed by atoms with Crippen LogP contribution in [0.25, 0.3) is 11.8 Å². The summed E-state index contributed by atoms with van der Waals surface area (Å²) >= 11 is 12.4. The molecule has 4 amide bonds. The monoisotopic (exact) mass is 497 g/mol. The van der Waals surface area contributed by atoms with Crippen LogP contribution in [-0.2, 0) is 9.59 Å². The number of nitrogens with zero attached hydrogens (tertiary/aromatic N) is 2. The topological polar surface area (TPSA) is 80.6 Å². The first-order chi connectivity index (χ1) is 16.2. The van der Waals surface area contributed by atoms with Crippen molar-refractivity contribution in [2.24, 2.45) is 0 Å². The van der Waals surface area contributed by atoms with Crippen molar-refractivity contribution >= 4 is 52.8 Å². The van der Waals surface area contributed by atoms with Crippen LogP contribution in [0, 0.1) is 13.8 Å². The SMILES string of the molecule is CCOc1ccccc1N1C(=O)NC(=O)/C(=C\c2cc(C)n(-c3ccc(Cl)cc3Cl)c2C)C1=O. The van der Waals surface area contributed by atoms with E-state index in [1.54, 1.807) is 49.4 Å². The number of hydrogen-bond acceptors (Lipinski definition) is 4. The summed E-state index contributed by atoms with van der Waals surface area (Å²) in [5.74, 6) is -1.15. The van der Waals surface area contributed by atoms with E-state index in [2.05, 4.69) is 5.32 Å². The van der Waals surface area contributed by atoms with Gasteiger partial charge in [0, 0.05) is 16.4 Å². The van der Waals surface area contributed by atoms with Crippen molar-refractivity contribution < 1.29 is 19.1 Å². The summed E-state index contributed by atoms with van der Waals surface area (Å²) < 4.78 is 7.48. The minimum atomic E-state index is -0.835. The zero-order chi connectivity index (χ0) is 24.6. The van der Waals surface area contributed by atoms with Crippen LogP contribution in [0.3, 0.4) is 0 Å². The largest absolute Gasteiger partial charge is 0.492 e. The number of barbiturate groups is 1. The van der Waals surface area contributed by atoms with E-state index in [-0.39, 0.29) is 11.3 Å². The van der Waals surface area contributed by atoms with Gasteiger partial charge in [-0.15, -0.1) is 0 Å². The van der Waals surface area contributed by atoms with E-state index in [9.17, 15) is 14.4 Å². The lowest BCUT2D eigenvalue weighted by Gasteiger charge is -2.27. The zero-order valence-electron chi connectivity index (χ0n) is 18.7. The highest BCUT2D eigenvalue weighted by molar-refractivity contribution is 6.39. The van der Waals surface area contributed by atoms with Crippen LogP contribution in [0.5, 0.6) is 5.75 Å². The quantitative estimate of drug-likeness (QED) is 0.374. The van der Waals surface area contributed by atoms with Gasteiger partial charge in [0.2, 0.25) is 0 Å². The van der Waals surface area contributed by atoms with E-state index in [1.165, 1.54) is 6.08 Å². The maximum atomic E-state index is 13.4. The number of rotatable bonds is 5. The van der Waals surface area contributed by atoms with Crippen molar-refractivity contribution in [3.05, 3.63) is 81.1 Å². The van der Waals surface area contributed by atoms with E-state index in [0.717, 1.165) is 16.3 Å². The fraction of sp³-hybridized carbons (Fsp3) is 0.160. The molecule has 0 radical (unpaired) electrons. The van der Waals surface area contributed by atoms with Gasteiger partial charge in [-0.25, -0.2) is 9.69 Å². The molecule has 0 spiro atoms. The Bertz CT molecular complexity index is 1360. The third-order valence-corrected chi connectivity index (χ3v) is 5.97. The lowest BCUT2D eigenvalue weighted by atomic mass is 10.1. The smallest absolute Gasteiger partial charge is 0.336 e. The standard InChI is InChI=1S/C25H21Cl2N3O4/c1-4-34-22-8-6-5-7-21(22)30-24(32)18(23(31)28-25(30)33)12-16-11-14(2)29(15(16)3)20-10-9-17(26)13-19(20)27/h5-13H,4H2,1-3H3,(H,28,31,33)/b18-12+. The lowest BCUT2D eigenvalue weighted by molar-refractivity contribution is -0.122. The third-order valence-electron chi connectivity index (χ3n) is 5.43. The molecule has 3 aromatic rings. The van der Waals surface area contributed by atoms with Gasteiger partial charge in [-0.2, -0.15) is 0 Å². The van der Waals surface area contributed by atoms with E-state index in [4.69, 9.17) is 27.9 Å². The fourth-order valence-corrected chi connectivity index (χ4v) is 4.41. The van der Waals surface area contributed by atoms with Gasteiger partial charge in [0.15, 0.2) is 0 Å². The molecule has 0 saturated carbocycles. The molecular formula is C25H21Cl2N3O4. The fourth-order valence-electron chi connectivity index (χ4n) is 3.92. The first-order valence-corrected chi connectivity index (χ1v) is 11.3. The number of amides is 4. The van der Waals surface area contributed by atoms with Gasteiger partial charge >= 0.3 is 6.03 Å². The van der Waals surface area contributed by atoms with Gasteiger partial charge in [0.05, 0.1) is 23.0 Å². The molecule has 2 heterocycles. The molecule has 0 atom stereocenters. The predicted octanol–water partition coefficient (Wildman–Crippen LogP) is 5.47. The molecular weight excluding hydrogens is 477 g/mol. The number of aryl methyl sites for hydroxylation is 1. The molecule has 0 unspecified atom stereocenters. The van der Waals surface area contributed by atoms with Crippen LogP contribution in [0.1, 0.15) is 23.9 Å². The maximum absolute atomic E-state index is 13.4. The number of urea groups is 1. The summed E-state index contributed by atoms with van der Waals surface area (Å²) in [6, 6.07) is 12.8. The Morgan fingerprint density at radius 2 is 1.74 bits per heavy atom. The molecule has 1 fully saturated rings. The Labute approximate surface area is 206 Å². The zero-order valence-corrected chi connectivity index (χ0v) is 20.2. The lowest BCUT2D eigenvalue weighted by Crippen LogP contribution is -2.54. The molecule has 174 valence electrons. The number of aromatic nitrogens is 1. The average molecular weight is 498 g/mol. The van der Waals surface area contributed by atoms with E-state index >= 15 is 0 Å². The van der Waals surface area contributed by atoms with Crippen LogP contribution in [0.15, 0.2) is 54.1 Å². The number of hydrogen-bond donors (Lipinski definition) is 1. The van der Waals surface area contributed by atoms with Crippen molar-refractivity contribution in [1.82, 2.24) is 9.88 Å². The highest BCUT2D eigenvalue weighted by atomic mass is 35.5. The molecule has 2 aromatic carbocycles. The van der Waals surface area contributed by atoms with Gasteiger partial charge in [0.1, 0.15) is 11.3 Å². The molecule has 0 bridgehead atoms. The number of benzene rings is 2. The molecule has 1 aliphatic rings. The van der Waals surface area contributed by atoms with Crippen LogP contribution in [0.2, 0.25) is 10.0 Å². The number of anilines is 1. The molecule has 1 aromatic heterocycles. The minimum absolute atomic E-state index is 0.173. The maximum Gasteiger partial charge on any atom is 0.336 e. The molecule has 1 aliphatic heterocycles. The summed E-state index contributed by atoms with van der Waals surface area (Å²) in [7, 11) is 0. The van der Waals surface area contributed by atoms with Crippen molar-refractivity contribution in [3.63, 3.8) is 0 Å². The Morgan fingerprint density at radius 1 is 1.00 bits per heavy atom. The molecule has 1 N–H and O–H groups in total. The molecule has 0 aliphatic carbocycles. The van der Waals surface area contributed by atoms with Gasteiger partial charge < -0.3 is 9.30 Å². The summed E-state index contributed by atoms with van der Waals surface area (Å²) in [5.41, 5.74) is 3.03. The van der Waals surface area contributed by atoms with Gasteiger partial charge in [0.25, 0.3) is 11.8 Å². The van der Waals surface area contributed by atoms with Crippen molar-refractivity contribution in [2.45, 2.75) is 20.8 Å². The summed E-state index contributed by atoms with van der Waals surface area (Å²) in [4.78, 5) is 39.5. The summed E-state index contributed by atoms with van der Waals surface area (Å²) in [6.07, 6.45) is 1.48. The van der Waals surface area contributed by atoms with Crippen LogP contribution in [-0.4, -0.2) is 29.0 Å². The van der Waals surface area contributed by atoms with Crippen molar-refractivity contribution in [1.29, 1.82) is 0 Å². The van der Waals surface area contributed by atoms with E-state index in [1.807, 2.05) is 24.5 Å². The minimum Gasteiger partial charge on any atom is -0.492 e.